The monoisotopic (exact) mass is 801 g/mol. The lowest BCUT2D eigenvalue weighted by atomic mass is 9.65. The number of furan rings is 1. The highest BCUT2D eigenvalue weighted by Crippen LogP contribution is 2.62. The lowest BCUT2D eigenvalue weighted by molar-refractivity contribution is 0.666. The molecule has 2 aliphatic carbocycles. The number of benzene rings is 10. The standard InChI is InChI=1S/C61H39NO/c1-3-15-40(16-4-1)41-27-29-42(30-28-41)43-31-33-45(34-32-43)62(44-17-5-2-6-18-44)46-35-36-51-48-20-8-7-19-47(48)49-21-9-12-24-55(49)61(57(51)37-46)56-25-13-10-22-50(56)53-38-54-52-23-11-14-26-59(52)63-60(54)39-58(53)61/h1-39H. The van der Waals surface area contributed by atoms with Gasteiger partial charge in [-0.1, -0.05) is 182 Å². The summed E-state index contributed by atoms with van der Waals surface area (Å²) < 4.78 is 6.72. The van der Waals surface area contributed by atoms with Crippen molar-refractivity contribution in [3.05, 3.63) is 259 Å². The predicted molar refractivity (Wildman–Crippen MR) is 261 cm³/mol. The fourth-order valence-electron chi connectivity index (χ4n) is 10.7. The predicted octanol–water partition coefficient (Wildman–Crippen LogP) is 16.4. The van der Waals surface area contributed by atoms with E-state index in [4.69, 9.17) is 4.42 Å². The third-order valence-electron chi connectivity index (χ3n) is 13.5. The van der Waals surface area contributed by atoms with Crippen molar-refractivity contribution < 1.29 is 4.42 Å². The van der Waals surface area contributed by atoms with Gasteiger partial charge in [0.05, 0.1) is 5.41 Å². The van der Waals surface area contributed by atoms with E-state index in [1.54, 1.807) is 0 Å². The molecule has 10 aromatic carbocycles. The van der Waals surface area contributed by atoms with Crippen LogP contribution < -0.4 is 4.90 Å². The Morgan fingerprint density at radius 3 is 1.40 bits per heavy atom. The number of hydrogen-bond donors (Lipinski definition) is 0. The van der Waals surface area contributed by atoms with Gasteiger partial charge in [0, 0.05) is 27.8 Å². The maximum absolute atomic E-state index is 6.72. The largest absolute Gasteiger partial charge is 0.456 e. The molecule has 2 heteroatoms. The van der Waals surface area contributed by atoms with E-state index in [-0.39, 0.29) is 0 Å². The average Bonchev–Trinajstić information content (AvgIpc) is 3.83. The summed E-state index contributed by atoms with van der Waals surface area (Å²) in [5.41, 5.74) is 21.7. The molecule has 1 spiro atoms. The second kappa shape index (κ2) is 13.9. The van der Waals surface area contributed by atoms with Crippen LogP contribution in [0, 0.1) is 0 Å². The van der Waals surface area contributed by atoms with Crippen LogP contribution in [0.4, 0.5) is 17.1 Å². The van der Waals surface area contributed by atoms with Crippen LogP contribution in [-0.4, -0.2) is 0 Å². The van der Waals surface area contributed by atoms with Crippen molar-refractivity contribution in [2.24, 2.45) is 0 Å². The summed E-state index contributed by atoms with van der Waals surface area (Å²) >= 11 is 0. The second-order valence-corrected chi connectivity index (χ2v) is 16.8. The summed E-state index contributed by atoms with van der Waals surface area (Å²) in [4.78, 5) is 2.41. The van der Waals surface area contributed by atoms with Gasteiger partial charge in [-0.2, -0.15) is 0 Å². The van der Waals surface area contributed by atoms with Crippen LogP contribution in [0.3, 0.4) is 0 Å². The van der Waals surface area contributed by atoms with Gasteiger partial charge >= 0.3 is 0 Å². The lowest BCUT2D eigenvalue weighted by Gasteiger charge is -2.36. The molecule has 0 saturated carbocycles. The van der Waals surface area contributed by atoms with Crippen molar-refractivity contribution in [1.82, 2.24) is 0 Å². The number of rotatable bonds is 5. The minimum atomic E-state index is -0.668. The topological polar surface area (TPSA) is 16.4 Å². The summed E-state index contributed by atoms with van der Waals surface area (Å²) in [6.07, 6.45) is 0. The summed E-state index contributed by atoms with van der Waals surface area (Å²) in [5.74, 6) is 0. The van der Waals surface area contributed by atoms with E-state index < -0.39 is 5.41 Å². The molecular formula is C61H39NO. The molecule has 0 radical (unpaired) electrons. The molecule has 0 bridgehead atoms. The number of hydrogen-bond acceptors (Lipinski definition) is 2. The van der Waals surface area contributed by atoms with Gasteiger partial charge < -0.3 is 9.32 Å². The van der Waals surface area contributed by atoms with Crippen molar-refractivity contribution in [2.45, 2.75) is 5.41 Å². The molecule has 63 heavy (non-hydrogen) atoms. The molecule has 13 rings (SSSR count). The fraction of sp³-hybridized carbons (Fsp3) is 0.0164. The highest BCUT2D eigenvalue weighted by Gasteiger charge is 2.50. The molecular weight excluding hydrogens is 763 g/mol. The lowest BCUT2D eigenvalue weighted by Crippen LogP contribution is -2.29. The van der Waals surface area contributed by atoms with E-state index in [1.807, 2.05) is 0 Å². The summed E-state index contributed by atoms with van der Waals surface area (Å²) in [6, 6.07) is 86.7. The molecule has 1 heterocycles. The zero-order chi connectivity index (χ0) is 41.5. The van der Waals surface area contributed by atoms with E-state index in [1.165, 1.54) is 77.9 Å². The Morgan fingerprint density at radius 2 is 0.730 bits per heavy atom. The van der Waals surface area contributed by atoms with Crippen LogP contribution in [0.5, 0.6) is 0 Å². The number of anilines is 3. The van der Waals surface area contributed by atoms with E-state index in [0.717, 1.165) is 39.0 Å². The zero-order valence-electron chi connectivity index (χ0n) is 34.4. The van der Waals surface area contributed by atoms with E-state index in [2.05, 4.69) is 241 Å². The molecule has 1 aromatic heterocycles. The first-order chi connectivity index (χ1) is 31.2. The van der Waals surface area contributed by atoms with Gasteiger partial charge in [-0.25, -0.2) is 0 Å². The third-order valence-corrected chi connectivity index (χ3v) is 13.5. The van der Waals surface area contributed by atoms with E-state index >= 15 is 0 Å². The van der Waals surface area contributed by atoms with Crippen molar-refractivity contribution in [1.29, 1.82) is 0 Å². The number of para-hydroxylation sites is 2. The van der Waals surface area contributed by atoms with Crippen molar-refractivity contribution in [3.8, 4) is 55.6 Å². The van der Waals surface area contributed by atoms with Crippen LogP contribution in [-0.2, 0) is 5.41 Å². The first-order valence-electron chi connectivity index (χ1n) is 21.7. The summed E-state index contributed by atoms with van der Waals surface area (Å²) in [7, 11) is 0. The van der Waals surface area contributed by atoms with E-state index in [0.29, 0.717) is 0 Å². The van der Waals surface area contributed by atoms with Crippen LogP contribution in [0.1, 0.15) is 22.3 Å². The Bertz CT molecular complexity index is 3550. The molecule has 0 saturated heterocycles. The molecule has 0 N–H and O–H groups in total. The van der Waals surface area contributed by atoms with Gasteiger partial charge in [0.1, 0.15) is 11.2 Å². The van der Waals surface area contributed by atoms with Crippen molar-refractivity contribution in [2.75, 3.05) is 4.90 Å². The van der Waals surface area contributed by atoms with Crippen molar-refractivity contribution in [3.63, 3.8) is 0 Å². The Hall–Kier alpha value is -8.20. The molecule has 0 amide bonds. The Balaban J connectivity index is 1.05. The quantitative estimate of drug-likeness (QED) is 0.172. The normalized spacial score (nSPS) is 14.4. The third kappa shape index (κ3) is 5.32. The van der Waals surface area contributed by atoms with Gasteiger partial charge in [0.15, 0.2) is 0 Å². The molecule has 1 atom stereocenters. The minimum absolute atomic E-state index is 0.668. The first-order valence-corrected chi connectivity index (χ1v) is 21.7. The maximum atomic E-state index is 6.72. The smallest absolute Gasteiger partial charge is 0.135 e. The highest BCUT2D eigenvalue weighted by atomic mass is 16.3. The van der Waals surface area contributed by atoms with Gasteiger partial charge in [0.2, 0.25) is 0 Å². The van der Waals surface area contributed by atoms with Gasteiger partial charge in [-0.3, -0.25) is 0 Å². The van der Waals surface area contributed by atoms with Gasteiger partial charge in [-0.05, 0) is 132 Å². The minimum Gasteiger partial charge on any atom is -0.456 e. The molecule has 11 aromatic rings. The molecule has 294 valence electrons. The second-order valence-electron chi connectivity index (χ2n) is 16.8. The Morgan fingerprint density at radius 1 is 0.270 bits per heavy atom. The van der Waals surface area contributed by atoms with Crippen LogP contribution in [0.25, 0.3) is 77.6 Å². The molecule has 2 aliphatic rings. The van der Waals surface area contributed by atoms with Crippen LogP contribution in [0.15, 0.2) is 241 Å². The number of fused-ring (bicyclic) bond motifs is 15. The van der Waals surface area contributed by atoms with Crippen LogP contribution in [0.2, 0.25) is 0 Å². The highest BCUT2D eigenvalue weighted by molar-refractivity contribution is 6.09. The van der Waals surface area contributed by atoms with E-state index in [9.17, 15) is 0 Å². The summed E-state index contributed by atoms with van der Waals surface area (Å²) in [5, 5.41) is 2.28. The van der Waals surface area contributed by atoms with Gasteiger partial charge in [0.25, 0.3) is 0 Å². The maximum Gasteiger partial charge on any atom is 0.135 e. The molecule has 2 nitrogen and oxygen atoms in total. The summed E-state index contributed by atoms with van der Waals surface area (Å²) in [6.45, 7) is 0. The Kier molecular flexibility index (Phi) is 7.85. The van der Waals surface area contributed by atoms with Gasteiger partial charge in [-0.15, -0.1) is 0 Å². The fourth-order valence-corrected chi connectivity index (χ4v) is 10.7. The molecule has 0 aliphatic heterocycles. The SMILES string of the molecule is c1ccc(-c2ccc(-c3ccc(N(c4ccccc4)c4ccc5c(c4)C4(c6ccccc6-c6ccccc6-5)c5ccccc5-c5cc6c(cc54)oc4ccccc46)cc3)cc2)cc1. The zero-order valence-corrected chi connectivity index (χ0v) is 34.4. The van der Waals surface area contributed by atoms with Crippen molar-refractivity contribution >= 4 is 39.0 Å². The molecule has 1 unspecified atom stereocenters. The Labute approximate surface area is 366 Å². The van der Waals surface area contributed by atoms with Crippen LogP contribution >= 0.6 is 0 Å². The average molecular weight is 802 g/mol. The number of nitrogens with zero attached hydrogens (tertiary/aromatic N) is 1. The molecule has 0 fully saturated rings. The first kappa shape index (κ1) is 35.5.